The second-order valence-electron chi connectivity index (χ2n) is 2.41. The SMILES string of the molecule is Cl.NC(N)=NCc1ccc(O)cc1. The fourth-order valence-corrected chi connectivity index (χ4v) is 0.784. The highest BCUT2D eigenvalue weighted by molar-refractivity contribution is 5.85. The summed E-state index contributed by atoms with van der Waals surface area (Å²) in [4.78, 5) is 3.82. The van der Waals surface area contributed by atoms with Gasteiger partial charge in [-0.3, -0.25) is 0 Å². The highest BCUT2D eigenvalue weighted by Crippen LogP contribution is 2.09. The summed E-state index contributed by atoms with van der Waals surface area (Å²) in [5, 5.41) is 8.95. The molecule has 5 N–H and O–H groups in total. The Morgan fingerprint density at radius 2 is 1.77 bits per heavy atom. The normalized spacial score (nSPS) is 8.62. The van der Waals surface area contributed by atoms with Gasteiger partial charge in [0, 0.05) is 0 Å². The zero-order chi connectivity index (χ0) is 8.97. The molecule has 0 aliphatic carbocycles. The van der Waals surface area contributed by atoms with Gasteiger partial charge >= 0.3 is 0 Å². The first-order chi connectivity index (χ1) is 5.68. The topological polar surface area (TPSA) is 84.6 Å². The average molecular weight is 202 g/mol. The van der Waals surface area contributed by atoms with Crippen molar-refractivity contribution in [2.24, 2.45) is 16.5 Å². The van der Waals surface area contributed by atoms with Crippen LogP contribution in [0.2, 0.25) is 0 Å². The van der Waals surface area contributed by atoms with E-state index in [-0.39, 0.29) is 24.1 Å². The summed E-state index contributed by atoms with van der Waals surface area (Å²) < 4.78 is 0. The molecule has 0 spiro atoms. The first-order valence-electron chi connectivity index (χ1n) is 3.52. The summed E-state index contributed by atoms with van der Waals surface area (Å²) in [5.41, 5.74) is 11.3. The van der Waals surface area contributed by atoms with Gasteiger partial charge in [0.1, 0.15) is 5.75 Å². The van der Waals surface area contributed by atoms with Gasteiger partial charge in [-0.1, -0.05) is 12.1 Å². The Bertz CT molecular complexity index is 280. The molecule has 72 valence electrons. The summed E-state index contributed by atoms with van der Waals surface area (Å²) >= 11 is 0. The van der Waals surface area contributed by atoms with Gasteiger partial charge in [0.15, 0.2) is 5.96 Å². The van der Waals surface area contributed by atoms with Crippen LogP contribution in [-0.2, 0) is 6.54 Å². The molecule has 1 aromatic rings. The minimum atomic E-state index is 0. The Balaban J connectivity index is 0.00000144. The van der Waals surface area contributed by atoms with E-state index in [4.69, 9.17) is 16.6 Å². The quantitative estimate of drug-likeness (QED) is 0.484. The Morgan fingerprint density at radius 3 is 2.23 bits per heavy atom. The molecule has 0 aliphatic heterocycles. The van der Waals surface area contributed by atoms with Gasteiger partial charge in [-0.05, 0) is 17.7 Å². The Labute approximate surface area is 82.7 Å². The van der Waals surface area contributed by atoms with Gasteiger partial charge in [-0.2, -0.15) is 0 Å². The molecule has 4 nitrogen and oxygen atoms in total. The lowest BCUT2D eigenvalue weighted by Crippen LogP contribution is -2.22. The van der Waals surface area contributed by atoms with E-state index in [2.05, 4.69) is 4.99 Å². The number of hydrogen-bond acceptors (Lipinski definition) is 2. The molecule has 0 fully saturated rings. The van der Waals surface area contributed by atoms with Crippen LogP contribution in [0.5, 0.6) is 5.75 Å². The molecule has 0 bridgehead atoms. The third kappa shape index (κ3) is 4.22. The standard InChI is InChI=1S/C8H11N3O.ClH/c9-8(10)11-5-6-1-3-7(12)4-2-6;/h1-4,12H,5H2,(H4,9,10,11);1H. The zero-order valence-electron chi connectivity index (χ0n) is 6.97. The van der Waals surface area contributed by atoms with Crippen molar-refractivity contribution < 1.29 is 5.11 Å². The van der Waals surface area contributed by atoms with Gasteiger partial charge in [0.25, 0.3) is 0 Å². The number of benzene rings is 1. The predicted molar refractivity (Wildman–Crippen MR) is 54.9 cm³/mol. The van der Waals surface area contributed by atoms with Crippen LogP contribution in [0, 0.1) is 0 Å². The Morgan fingerprint density at radius 1 is 1.23 bits per heavy atom. The van der Waals surface area contributed by atoms with E-state index in [1.807, 2.05) is 0 Å². The van der Waals surface area contributed by atoms with Gasteiger partial charge in [0.2, 0.25) is 0 Å². The molecular formula is C8H12ClN3O. The maximum absolute atomic E-state index is 8.95. The molecule has 0 saturated heterocycles. The maximum atomic E-state index is 8.95. The molecule has 0 atom stereocenters. The fourth-order valence-electron chi connectivity index (χ4n) is 0.784. The lowest BCUT2D eigenvalue weighted by Gasteiger charge is -1.96. The van der Waals surface area contributed by atoms with Crippen molar-refractivity contribution in [2.75, 3.05) is 0 Å². The molecule has 1 rings (SSSR count). The summed E-state index contributed by atoms with van der Waals surface area (Å²) in [7, 11) is 0. The highest BCUT2D eigenvalue weighted by atomic mass is 35.5. The summed E-state index contributed by atoms with van der Waals surface area (Å²) in [5.74, 6) is 0.312. The summed E-state index contributed by atoms with van der Waals surface area (Å²) in [6, 6.07) is 6.72. The van der Waals surface area contributed by atoms with Crippen LogP contribution in [0.15, 0.2) is 29.3 Å². The van der Waals surface area contributed by atoms with Crippen molar-refractivity contribution in [3.05, 3.63) is 29.8 Å². The largest absolute Gasteiger partial charge is 0.508 e. The molecule has 5 heteroatoms. The van der Waals surface area contributed by atoms with Gasteiger partial charge < -0.3 is 16.6 Å². The Kier molecular flexibility index (Phi) is 4.69. The number of guanidine groups is 1. The van der Waals surface area contributed by atoms with Crippen LogP contribution >= 0.6 is 12.4 Å². The van der Waals surface area contributed by atoms with Gasteiger partial charge in [-0.25, -0.2) is 4.99 Å². The lowest BCUT2D eigenvalue weighted by molar-refractivity contribution is 0.475. The zero-order valence-corrected chi connectivity index (χ0v) is 7.79. The number of halogens is 1. The summed E-state index contributed by atoms with van der Waals surface area (Å²) in [6.45, 7) is 0.447. The maximum Gasteiger partial charge on any atom is 0.186 e. The number of aromatic hydroxyl groups is 1. The number of phenolic OH excluding ortho intramolecular Hbond substituents is 1. The van der Waals surface area contributed by atoms with E-state index in [9.17, 15) is 0 Å². The lowest BCUT2D eigenvalue weighted by atomic mass is 10.2. The van der Waals surface area contributed by atoms with E-state index in [1.54, 1.807) is 24.3 Å². The first-order valence-corrected chi connectivity index (χ1v) is 3.52. The molecule has 0 aromatic heterocycles. The second kappa shape index (κ2) is 5.27. The van der Waals surface area contributed by atoms with Crippen LogP contribution in [0.1, 0.15) is 5.56 Å². The number of hydrogen-bond donors (Lipinski definition) is 3. The van der Waals surface area contributed by atoms with Crippen LogP contribution in [0.4, 0.5) is 0 Å². The van der Waals surface area contributed by atoms with Crippen molar-refractivity contribution in [1.82, 2.24) is 0 Å². The molecule has 0 saturated carbocycles. The molecule has 13 heavy (non-hydrogen) atoms. The van der Waals surface area contributed by atoms with Crippen LogP contribution in [0.25, 0.3) is 0 Å². The fraction of sp³-hybridized carbons (Fsp3) is 0.125. The molecule has 0 aliphatic rings. The van der Waals surface area contributed by atoms with Gasteiger partial charge in [0.05, 0.1) is 6.54 Å². The molecule has 0 unspecified atom stereocenters. The van der Waals surface area contributed by atoms with Crippen molar-refractivity contribution in [3.63, 3.8) is 0 Å². The summed E-state index contributed by atoms with van der Waals surface area (Å²) in [6.07, 6.45) is 0. The minimum absolute atomic E-state index is 0. The van der Waals surface area contributed by atoms with E-state index < -0.39 is 0 Å². The van der Waals surface area contributed by atoms with Gasteiger partial charge in [-0.15, -0.1) is 12.4 Å². The molecular weight excluding hydrogens is 190 g/mol. The van der Waals surface area contributed by atoms with Crippen molar-refractivity contribution in [3.8, 4) is 5.75 Å². The van der Waals surface area contributed by atoms with E-state index in [0.717, 1.165) is 5.56 Å². The second-order valence-corrected chi connectivity index (χ2v) is 2.41. The van der Waals surface area contributed by atoms with Crippen molar-refractivity contribution in [2.45, 2.75) is 6.54 Å². The van der Waals surface area contributed by atoms with Crippen LogP contribution in [0.3, 0.4) is 0 Å². The third-order valence-electron chi connectivity index (χ3n) is 1.38. The molecule has 0 heterocycles. The number of aliphatic imine (C=N–C) groups is 1. The van der Waals surface area contributed by atoms with Crippen molar-refractivity contribution in [1.29, 1.82) is 0 Å². The highest BCUT2D eigenvalue weighted by Gasteiger charge is 1.90. The van der Waals surface area contributed by atoms with Crippen molar-refractivity contribution >= 4 is 18.4 Å². The molecule has 1 aromatic carbocycles. The average Bonchev–Trinajstić information content (AvgIpc) is 2.03. The molecule has 0 amide bonds. The number of nitrogens with zero attached hydrogens (tertiary/aromatic N) is 1. The van der Waals surface area contributed by atoms with E-state index in [0.29, 0.717) is 6.54 Å². The van der Waals surface area contributed by atoms with Crippen LogP contribution in [-0.4, -0.2) is 11.1 Å². The Hall–Kier alpha value is -1.42. The molecule has 0 radical (unpaired) electrons. The first kappa shape index (κ1) is 11.6. The monoisotopic (exact) mass is 201 g/mol. The predicted octanol–water partition coefficient (Wildman–Crippen LogP) is 0.587. The van der Waals surface area contributed by atoms with Crippen LogP contribution < -0.4 is 11.5 Å². The minimum Gasteiger partial charge on any atom is -0.508 e. The van der Waals surface area contributed by atoms with E-state index in [1.165, 1.54) is 0 Å². The third-order valence-corrected chi connectivity index (χ3v) is 1.38. The number of phenols is 1. The van der Waals surface area contributed by atoms with E-state index >= 15 is 0 Å². The number of nitrogens with two attached hydrogens (primary N) is 2. The number of rotatable bonds is 2. The smallest absolute Gasteiger partial charge is 0.186 e.